The van der Waals surface area contributed by atoms with Crippen molar-refractivity contribution in [2.45, 2.75) is 32.5 Å². The van der Waals surface area contributed by atoms with Gasteiger partial charge >= 0.3 is 0 Å². The highest BCUT2D eigenvalue weighted by Crippen LogP contribution is 1.95. The molecule has 4 nitrogen and oxygen atoms in total. The minimum Gasteiger partial charge on any atom is -0.389 e. The lowest BCUT2D eigenvalue weighted by atomic mass is 10.2. The maximum Gasteiger partial charge on any atom is 0.0897 e. The van der Waals surface area contributed by atoms with E-state index in [9.17, 15) is 5.11 Å². The smallest absolute Gasteiger partial charge is 0.0897 e. The van der Waals surface area contributed by atoms with Crippen LogP contribution in [0, 0.1) is 0 Å². The highest BCUT2D eigenvalue weighted by atomic mass is 16.5. The molecule has 0 aromatic carbocycles. The number of aliphatic hydroxyl groups excluding tert-OH is 1. The highest BCUT2D eigenvalue weighted by molar-refractivity contribution is 5.08. The van der Waals surface area contributed by atoms with Gasteiger partial charge in [-0.2, -0.15) is 0 Å². The van der Waals surface area contributed by atoms with Crippen LogP contribution in [0.3, 0.4) is 0 Å². The van der Waals surface area contributed by atoms with Gasteiger partial charge in [-0.3, -0.25) is 4.98 Å². The molecular weight excluding hydrogens is 216 g/mol. The summed E-state index contributed by atoms with van der Waals surface area (Å²) in [6.45, 7) is 5.71. The monoisotopic (exact) mass is 238 g/mol. The summed E-state index contributed by atoms with van der Waals surface area (Å²) < 4.78 is 5.32. The standard InChI is InChI=1S/C13H22N2O2/c1-11(2)17-10-13(16)9-15-7-5-12-4-3-6-14-8-12/h3-4,6,8,11,13,15-16H,5,7,9-10H2,1-2H3. The fourth-order valence-electron chi connectivity index (χ4n) is 1.41. The molecule has 4 heteroatoms. The van der Waals surface area contributed by atoms with E-state index in [-0.39, 0.29) is 6.10 Å². The van der Waals surface area contributed by atoms with Crippen LogP contribution in [0.4, 0.5) is 0 Å². The fourth-order valence-corrected chi connectivity index (χ4v) is 1.41. The largest absolute Gasteiger partial charge is 0.389 e. The van der Waals surface area contributed by atoms with E-state index in [1.165, 1.54) is 5.56 Å². The second-order valence-corrected chi connectivity index (χ2v) is 4.35. The van der Waals surface area contributed by atoms with Crippen molar-refractivity contribution in [1.82, 2.24) is 10.3 Å². The zero-order valence-corrected chi connectivity index (χ0v) is 10.6. The highest BCUT2D eigenvalue weighted by Gasteiger charge is 2.04. The zero-order chi connectivity index (χ0) is 12.5. The predicted molar refractivity (Wildman–Crippen MR) is 67.9 cm³/mol. The molecule has 0 aliphatic rings. The van der Waals surface area contributed by atoms with Gasteiger partial charge in [-0.15, -0.1) is 0 Å². The van der Waals surface area contributed by atoms with Crippen molar-refractivity contribution in [1.29, 1.82) is 0 Å². The number of nitrogens with one attached hydrogen (secondary N) is 1. The Bertz CT molecular complexity index is 291. The second kappa shape index (κ2) is 8.17. The molecule has 0 aliphatic carbocycles. The molecule has 1 rings (SSSR count). The van der Waals surface area contributed by atoms with E-state index >= 15 is 0 Å². The molecular formula is C13H22N2O2. The van der Waals surface area contributed by atoms with E-state index in [2.05, 4.69) is 10.3 Å². The van der Waals surface area contributed by atoms with Crippen molar-refractivity contribution in [3.63, 3.8) is 0 Å². The van der Waals surface area contributed by atoms with Gasteiger partial charge in [-0.25, -0.2) is 0 Å². The molecule has 0 spiro atoms. The summed E-state index contributed by atoms with van der Waals surface area (Å²) in [5.41, 5.74) is 1.20. The van der Waals surface area contributed by atoms with Gasteiger partial charge in [0.25, 0.3) is 0 Å². The van der Waals surface area contributed by atoms with E-state index in [1.54, 1.807) is 6.20 Å². The van der Waals surface area contributed by atoms with Gasteiger partial charge in [0, 0.05) is 18.9 Å². The molecule has 1 heterocycles. The van der Waals surface area contributed by atoms with Gasteiger partial charge in [0.2, 0.25) is 0 Å². The SMILES string of the molecule is CC(C)OCC(O)CNCCc1cccnc1. The van der Waals surface area contributed by atoms with Crippen LogP contribution in [0.2, 0.25) is 0 Å². The van der Waals surface area contributed by atoms with Crippen molar-refractivity contribution in [3.8, 4) is 0 Å². The third-order valence-corrected chi connectivity index (χ3v) is 2.32. The third-order valence-electron chi connectivity index (χ3n) is 2.32. The van der Waals surface area contributed by atoms with Crippen LogP contribution in [0.15, 0.2) is 24.5 Å². The average molecular weight is 238 g/mol. The van der Waals surface area contributed by atoms with Crippen molar-refractivity contribution in [3.05, 3.63) is 30.1 Å². The lowest BCUT2D eigenvalue weighted by Crippen LogP contribution is -2.32. The van der Waals surface area contributed by atoms with E-state index in [4.69, 9.17) is 4.74 Å². The van der Waals surface area contributed by atoms with Gasteiger partial charge in [-0.1, -0.05) is 6.07 Å². The number of aliphatic hydroxyl groups is 1. The Morgan fingerprint density at radius 2 is 2.29 bits per heavy atom. The van der Waals surface area contributed by atoms with Crippen LogP contribution >= 0.6 is 0 Å². The van der Waals surface area contributed by atoms with E-state index in [0.29, 0.717) is 13.2 Å². The lowest BCUT2D eigenvalue weighted by molar-refractivity contribution is 0.00652. The number of rotatable bonds is 8. The van der Waals surface area contributed by atoms with Crippen LogP contribution < -0.4 is 5.32 Å². The molecule has 0 saturated heterocycles. The first-order valence-corrected chi connectivity index (χ1v) is 6.07. The Hall–Kier alpha value is -0.970. The second-order valence-electron chi connectivity index (χ2n) is 4.35. The van der Waals surface area contributed by atoms with Crippen LogP contribution in [0.5, 0.6) is 0 Å². The number of pyridine rings is 1. The van der Waals surface area contributed by atoms with Crippen LogP contribution in [0.1, 0.15) is 19.4 Å². The Morgan fingerprint density at radius 3 is 2.94 bits per heavy atom. The summed E-state index contributed by atoms with van der Waals surface area (Å²) in [5.74, 6) is 0. The quantitative estimate of drug-likeness (QED) is 0.663. The van der Waals surface area contributed by atoms with Crippen LogP contribution in [0.25, 0.3) is 0 Å². The number of ether oxygens (including phenoxy) is 1. The van der Waals surface area contributed by atoms with Gasteiger partial charge < -0.3 is 15.2 Å². The number of aromatic nitrogens is 1. The summed E-state index contributed by atoms with van der Waals surface area (Å²) in [6, 6.07) is 3.98. The molecule has 0 fully saturated rings. The number of hydrogen-bond acceptors (Lipinski definition) is 4. The molecule has 0 amide bonds. The van der Waals surface area contributed by atoms with Crippen LogP contribution in [-0.4, -0.2) is 42.0 Å². The molecule has 1 aromatic heterocycles. The maximum absolute atomic E-state index is 9.60. The Kier molecular flexibility index (Phi) is 6.77. The minimum atomic E-state index is -0.439. The molecule has 0 aliphatic heterocycles. The van der Waals surface area contributed by atoms with Gasteiger partial charge in [0.05, 0.1) is 18.8 Å². The van der Waals surface area contributed by atoms with Gasteiger partial charge in [0.1, 0.15) is 0 Å². The van der Waals surface area contributed by atoms with Crippen molar-refractivity contribution in [2.24, 2.45) is 0 Å². The topological polar surface area (TPSA) is 54.4 Å². The number of hydrogen-bond donors (Lipinski definition) is 2. The molecule has 2 N–H and O–H groups in total. The van der Waals surface area contributed by atoms with Gasteiger partial charge in [-0.05, 0) is 38.4 Å². The van der Waals surface area contributed by atoms with Crippen molar-refractivity contribution >= 4 is 0 Å². The molecule has 0 bridgehead atoms. The fraction of sp³-hybridized carbons (Fsp3) is 0.615. The molecule has 1 atom stereocenters. The first-order chi connectivity index (χ1) is 8.18. The predicted octanol–water partition coefficient (Wildman–Crippen LogP) is 1.000. The molecule has 1 aromatic rings. The summed E-state index contributed by atoms with van der Waals surface area (Å²) in [7, 11) is 0. The first-order valence-electron chi connectivity index (χ1n) is 6.07. The van der Waals surface area contributed by atoms with E-state index < -0.39 is 6.10 Å². The third kappa shape index (κ3) is 7.05. The molecule has 96 valence electrons. The Labute approximate surface area is 103 Å². The molecule has 0 radical (unpaired) electrons. The summed E-state index contributed by atoms with van der Waals surface area (Å²) in [4.78, 5) is 4.05. The summed E-state index contributed by atoms with van der Waals surface area (Å²) in [5, 5.41) is 12.8. The molecule has 1 unspecified atom stereocenters. The van der Waals surface area contributed by atoms with Crippen LogP contribution in [-0.2, 0) is 11.2 Å². The summed E-state index contributed by atoms with van der Waals surface area (Å²) in [6.07, 6.45) is 4.28. The first kappa shape index (κ1) is 14.1. The van der Waals surface area contributed by atoms with Crippen molar-refractivity contribution < 1.29 is 9.84 Å². The minimum absolute atomic E-state index is 0.167. The maximum atomic E-state index is 9.60. The van der Waals surface area contributed by atoms with E-state index in [0.717, 1.165) is 13.0 Å². The zero-order valence-electron chi connectivity index (χ0n) is 10.6. The lowest BCUT2D eigenvalue weighted by Gasteiger charge is -2.14. The molecule has 17 heavy (non-hydrogen) atoms. The van der Waals surface area contributed by atoms with Gasteiger partial charge in [0.15, 0.2) is 0 Å². The number of nitrogens with zero attached hydrogens (tertiary/aromatic N) is 1. The normalized spacial score (nSPS) is 12.9. The summed E-state index contributed by atoms with van der Waals surface area (Å²) >= 11 is 0. The molecule has 0 saturated carbocycles. The average Bonchev–Trinajstić information content (AvgIpc) is 2.33. The van der Waals surface area contributed by atoms with E-state index in [1.807, 2.05) is 32.2 Å². The van der Waals surface area contributed by atoms with Crippen molar-refractivity contribution in [2.75, 3.05) is 19.7 Å². The Balaban J connectivity index is 2.04. The Morgan fingerprint density at radius 1 is 1.47 bits per heavy atom.